The summed E-state index contributed by atoms with van der Waals surface area (Å²) in [4.78, 5) is 33.6. The van der Waals surface area contributed by atoms with E-state index in [1.54, 1.807) is 29.2 Å². The molecule has 1 saturated heterocycles. The third kappa shape index (κ3) is 4.42. The Kier molecular flexibility index (Phi) is 6.07. The van der Waals surface area contributed by atoms with Crippen molar-refractivity contribution in [3.63, 3.8) is 0 Å². The van der Waals surface area contributed by atoms with Gasteiger partial charge in [0.1, 0.15) is 23.9 Å². The summed E-state index contributed by atoms with van der Waals surface area (Å²) in [6.07, 6.45) is 4.43. The van der Waals surface area contributed by atoms with Crippen molar-refractivity contribution in [3.8, 4) is 5.75 Å². The Morgan fingerprint density at radius 3 is 2.68 bits per heavy atom. The summed E-state index contributed by atoms with van der Waals surface area (Å²) >= 11 is 0. The number of anilines is 1. The lowest BCUT2D eigenvalue weighted by atomic mass is 10.0. The van der Waals surface area contributed by atoms with Gasteiger partial charge in [0.05, 0.1) is 12.1 Å². The number of carbonyl (C=O) groups excluding carboxylic acids is 2. The molecular formula is C25H27N3O6. The molecule has 3 aliphatic rings. The number of nitrogens with zero attached hydrogens (tertiary/aromatic N) is 3. The average Bonchev–Trinajstić information content (AvgIpc) is 3.61. The minimum absolute atomic E-state index is 0.0591. The Morgan fingerprint density at radius 2 is 1.97 bits per heavy atom. The smallest absolute Gasteiger partial charge is 0.410 e. The van der Waals surface area contributed by atoms with Gasteiger partial charge >= 0.3 is 6.09 Å². The van der Waals surface area contributed by atoms with E-state index in [0.29, 0.717) is 36.9 Å². The zero-order chi connectivity index (χ0) is 23.7. The Balaban J connectivity index is 1.47. The maximum Gasteiger partial charge on any atom is 0.421 e. The second-order valence-electron chi connectivity index (χ2n) is 8.66. The molecular weight excluding hydrogens is 438 g/mol. The molecule has 0 bridgehead atoms. The second kappa shape index (κ2) is 9.17. The highest BCUT2D eigenvalue weighted by Crippen LogP contribution is 2.43. The Labute approximate surface area is 197 Å². The summed E-state index contributed by atoms with van der Waals surface area (Å²) in [5.41, 5.74) is 1.86. The van der Waals surface area contributed by atoms with Gasteiger partial charge in [-0.3, -0.25) is 9.69 Å². The number of carbonyl (C=O) groups is 2. The molecule has 9 nitrogen and oxygen atoms in total. The van der Waals surface area contributed by atoms with Crippen molar-refractivity contribution in [1.29, 1.82) is 0 Å². The van der Waals surface area contributed by atoms with Gasteiger partial charge < -0.3 is 23.8 Å². The van der Waals surface area contributed by atoms with Crippen molar-refractivity contribution in [2.24, 2.45) is 0 Å². The summed E-state index contributed by atoms with van der Waals surface area (Å²) in [5, 5.41) is 0. The van der Waals surface area contributed by atoms with Crippen molar-refractivity contribution in [1.82, 2.24) is 9.88 Å². The van der Waals surface area contributed by atoms with Gasteiger partial charge in [-0.25, -0.2) is 9.78 Å². The average molecular weight is 466 g/mol. The lowest BCUT2D eigenvalue weighted by molar-refractivity contribution is -0.152. The largest absolute Gasteiger partial charge is 0.421 e. The lowest BCUT2D eigenvalue weighted by Gasteiger charge is -2.34. The maximum atomic E-state index is 13.0. The number of hydrogen-bond acceptors (Lipinski definition) is 7. The van der Waals surface area contributed by atoms with E-state index in [9.17, 15) is 9.59 Å². The lowest BCUT2D eigenvalue weighted by Crippen LogP contribution is -2.47. The van der Waals surface area contributed by atoms with Crippen LogP contribution in [0.2, 0.25) is 0 Å². The molecule has 34 heavy (non-hydrogen) atoms. The maximum absolute atomic E-state index is 13.0. The van der Waals surface area contributed by atoms with E-state index in [0.717, 1.165) is 24.0 Å². The molecule has 1 spiro atoms. The van der Waals surface area contributed by atoms with Gasteiger partial charge in [-0.15, -0.1) is 0 Å². The number of benzene rings is 1. The highest BCUT2D eigenvalue weighted by molar-refractivity contribution is 5.92. The quantitative estimate of drug-likeness (QED) is 0.605. The van der Waals surface area contributed by atoms with E-state index in [1.165, 1.54) is 19.1 Å². The Bertz CT molecular complexity index is 1110. The van der Waals surface area contributed by atoms with Crippen LogP contribution in [-0.2, 0) is 25.5 Å². The van der Waals surface area contributed by atoms with Gasteiger partial charge in [0.15, 0.2) is 0 Å². The van der Waals surface area contributed by atoms with Crippen LogP contribution >= 0.6 is 0 Å². The molecule has 1 aromatic heterocycles. The number of rotatable bonds is 6. The van der Waals surface area contributed by atoms with E-state index in [-0.39, 0.29) is 18.1 Å². The predicted molar refractivity (Wildman–Crippen MR) is 123 cm³/mol. The first kappa shape index (κ1) is 22.5. The molecule has 2 aromatic rings. The van der Waals surface area contributed by atoms with Crippen molar-refractivity contribution >= 4 is 23.9 Å². The van der Waals surface area contributed by atoms with Crippen molar-refractivity contribution < 1.29 is 28.5 Å². The van der Waals surface area contributed by atoms with Gasteiger partial charge in [0.25, 0.3) is 0 Å². The minimum atomic E-state index is -0.760. The number of hydrogen-bond donors (Lipinski definition) is 0. The number of pyridine rings is 1. The standard InChI is InChI=1S/C25H27N3O6/c1-31-23(32-2)21-18(14-27-16-25(10-11-25)33-15-20(27)29)13-17-7-6-12-28(22(17)26-21)24(30)34-19-8-4-3-5-9-19/h3-9,13,23H,10-12,14-16H2,1-2H3. The number of para-hydroxylation sites is 1. The van der Waals surface area contributed by atoms with E-state index in [2.05, 4.69) is 0 Å². The van der Waals surface area contributed by atoms with E-state index < -0.39 is 12.4 Å². The summed E-state index contributed by atoms with van der Waals surface area (Å²) in [5.74, 6) is 0.844. The fourth-order valence-corrected chi connectivity index (χ4v) is 4.32. The first-order valence-corrected chi connectivity index (χ1v) is 11.2. The number of aromatic nitrogens is 1. The molecule has 0 radical (unpaired) electrons. The van der Waals surface area contributed by atoms with E-state index in [1.807, 2.05) is 24.3 Å². The van der Waals surface area contributed by atoms with Gasteiger partial charge in [-0.2, -0.15) is 0 Å². The van der Waals surface area contributed by atoms with Gasteiger partial charge in [-0.1, -0.05) is 30.4 Å². The topological polar surface area (TPSA) is 90.4 Å². The monoisotopic (exact) mass is 465 g/mol. The summed E-state index contributed by atoms with van der Waals surface area (Å²) in [6.45, 7) is 1.31. The molecule has 0 unspecified atom stereocenters. The molecule has 2 fully saturated rings. The normalized spacial score (nSPS) is 18.4. The van der Waals surface area contributed by atoms with Crippen LogP contribution in [0, 0.1) is 0 Å². The van der Waals surface area contributed by atoms with Crippen LogP contribution in [0.5, 0.6) is 5.75 Å². The van der Waals surface area contributed by atoms with Crippen molar-refractivity contribution in [2.45, 2.75) is 31.3 Å². The number of ether oxygens (including phenoxy) is 4. The van der Waals surface area contributed by atoms with Crippen LogP contribution < -0.4 is 9.64 Å². The molecule has 0 atom stereocenters. The molecule has 2 amide bonds. The third-order valence-electron chi connectivity index (χ3n) is 6.31. The third-order valence-corrected chi connectivity index (χ3v) is 6.31. The molecule has 3 heterocycles. The van der Waals surface area contributed by atoms with Crippen LogP contribution in [0.4, 0.5) is 10.6 Å². The van der Waals surface area contributed by atoms with Crippen LogP contribution in [0.25, 0.3) is 6.08 Å². The zero-order valence-corrected chi connectivity index (χ0v) is 19.2. The molecule has 5 rings (SSSR count). The highest BCUT2D eigenvalue weighted by Gasteiger charge is 2.49. The Hall–Kier alpha value is -3.27. The second-order valence-corrected chi connectivity index (χ2v) is 8.66. The molecule has 1 aliphatic carbocycles. The fraction of sp³-hybridized carbons (Fsp3) is 0.400. The van der Waals surface area contributed by atoms with Gasteiger partial charge in [0.2, 0.25) is 12.2 Å². The van der Waals surface area contributed by atoms with Crippen LogP contribution in [-0.4, -0.2) is 61.4 Å². The summed E-state index contributed by atoms with van der Waals surface area (Å²) < 4.78 is 22.3. The van der Waals surface area contributed by atoms with Gasteiger partial charge in [-0.05, 0) is 36.6 Å². The van der Waals surface area contributed by atoms with E-state index in [4.69, 9.17) is 23.9 Å². The molecule has 0 N–H and O–H groups in total. The minimum Gasteiger partial charge on any atom is -0.410 e. The fourth-order valence-electron chi connectivity index (χ4n) is 4.32. The van der Waals surface area contributed by atoms with Crippen molar-refractivity contribution in [3.05, 3.63) is 59.3 Å². The Morgan fingerprint density at radius 1 is 1.21 bits per heavy atom. The molecule has 1 aromatic carbocycles. The van der Waals surface area contributed by atoms with Gasteiger partial charge in [0, 0.05) is 32.9 Å². The molecule has 2 aliphatic heterocycles. The van der Waals surface area contributed by atoms with E-state index >= 15 is 0 Å². The highest BCUT2D eigenvalue weighted by atomic mass is 16.7. The summed E-state index contributed by atoms with van der Waals surface area (Å²) in [7, 11) is 3.05. The van der Waals surface area contributed by atoms with Crippen LogP contribution in [0.15, 0.2) is 42.5 Å². The summed E-state index contributed by atoms with van der Waals surface area (Å²) in [6, 6.07) is 10.8. The molecule has 1 saturated carbocycles. The first-order valence-electron chi connectivity index (χ1n) is 11.2. The number of methoxy groups -OCH3 is 2. The first-order chi connectivity index (χ1) is 16.5. The zero-order valence-electron chi connectivity index (χ0n) is 19.2. The molecule has 178 valence electrons. The molecule has 9 heteroatoms. The van der Waals surface area contributed by atoms with Crippen LogP contribution in [0.1, 0.15) is 36.0 Å². The SMILES string of the molecule is COC(OC)c1nc2c(cc1CN1CC3(CC3)OCC1=O)C=CCN2C(=O)Oc1ccccc1. The predicted octanol–water partition coefficient (Wildman–Crippen LogP) is 3.30. The van der Waals surface area contributed by atoms with Crippen molar-refractivity contribution in [2.75, 3.05) is 38.8 Å². The number of amides is 2. The number of fused-ring (bicyclic) bond motifs is 1. The number of morpholine rings is 1. The van der Waals surface area contributed by atoms with Crippen LogP contribution in [0.3, 0.4) is 0 Å².